The van der Waals surface area contributed by atoms with Crippen molar-refractivity contribution in [3.63, 3.8) is 0 Å². The van der Waals surface area contributed by atoms with Crippen molar-refractivity contribution in [1.82, 2.24) is 9.80 Å². The summed E-state index contributed by atoms with van der Waals surface area (Å²) in [5.74, 6) is 0. The molecule has 3 rings (SSSR count). The highest BCUT2D eigenvalue weighted by Crippen LogP contribution is 2.30. The number of ether oxygens (including phenoxy) is 1. The van der Waals surface area contributed by atoms with Crippen LogP contribution in [0.4, 0.5) is 0 Å². The van der Waals surface area contributed by atoms with E-state index >= 15 is 0 Å². The van der Waals surface area contributed by atoms with Crippen LogP contribution < -0.4 is 5.73 Å². The van der Waals surface area contributed by atoms with Crippen molar-refractivity contribution >= 4 is 0 Å². The third kappa shape index (κ3) is 3.35. The molecule has 0 aliphatic carbocycles. The van der Waals surface area contributed by atoms with Gasteiger partial charge in [0.05, 0.1) is 6.61 Å². The SMILES string of the molecule is NCC1(CN2CCC(N3CCCCC3)CC2)CCOC1. The maximum atomic E-state index is 6.02. The average molecular weight is 281 g/mol. The summed E-state index contributed by atoms with van der Waals surface area (Å²) in [6.07, 6.45) is 8.11. The fraction of sp³-hybridized carbons (Fsp3) is 1.00. The highest BCUT2D eigenvalue weighted by molar-refractivity contribution is 4.90. The molecule has 0 bridgehead atoms. The molecule has 116 valence electrons. The summed E-state index contributed by atoms with van der Waals surface area (Å²) in [6.45, 7) is 8.88. The molecule has 0 amide bonds. The molecule has 3 fully saturated rings. The van der Waals surface area contributed by atoms with Crippen LogP contribution in [0.1, 0.15) is 38.5 Å². The Balaban J connectivity index is 1.46. The minimum Gasteiger partial charge on any atom is -0.381 e. The molecule has 0 saturated carbocycles. The Morgan fingerprint density at radius 1 is 1.05 bits per heavy atom. The van der Waals surface area contributed by atoms with Crippen LogP contribution in [0.15, 0.2) is 0 Å². The van der Waals surface area contributed by atoms with Crippen molar-refractivity contribution in [2.24, 2.45) is 11.1 Å². The van der Waals surface area contributed by atoms with Crippen LogP contribution in [-0.4, -0.2) is 68.3 Å². The molecule has 3 saturated heterocycles. The lowest BCUT2D eigenvalue weighted by atomic mass is 9.86. The molecule has 20 heavy (non-hydrogen) atoms. The predicted octanol–water partition coefficient (Wildman–Crippen LogP) is 1.30. The van der Waals surface area contributed by atoms with Crippen molar-refractivity contribution < 1.29 is 4.74 Å². The topological polar surface area (TPSA) is 41.7 Å². The lowest BCUT2D eigenvalue weighted by Crippen LogP contribution is -2.50. The molecule has 3 aliphatic heterocycles. The van der Waals surface area contributed by atoms with Crippen LogP contribution in [0, 0.1) is 5.41 Å². The smallest absolute Gasteiger partial charge is 0.0547 e. The molecule has 3 aliphatic rings. The van der Waals surface area contributed by atoms with Gasteiger partial charge in [-0.3, -0.25) is 0 Å². The molecule has 0 aromatic heterocycles. The van der Waals surface area contributed by atoms with E-state index in [1.54, 1.807) is 0 Å². The van der Waals surface area contributed by atoms with E-state index in [9.17, 15) is 0 Å². The van der Waals surface area contributed by atoms with Gasteiger partial charge in [-0.1, -0.05) is 6.42 Å². The molecular weight excluding hydrogens is 250 g/mol. The Labute approximate surface area is 123 Å². The normalized spacial score (nSPS) is 34.6. The second kappa shape index (κ2) is 6.73. The maximum Gasteiger partial charge on any atom is 0.0547 e. The maximum absolute atomic E-state index is 6.02. The Morgan fingerprint density at radius 2 is 1.80 bits per heavy atom. The quantitative estimate of drug-likeness (QED) is 0.843. The standard InChI is InChI=1S/C16H31N3O/c17-12-16(6-11-20-14-16)13-18-9-4-15(5-10-18)19-7-2-1-3-8-19/h15H,1-14,17H2. The molecule has 0 aromatic rings. The third-order valence-corrected chi connectivity index (χ3v) is 5.64. The number of rotatable bonds is 4. The monoisotopic (exact) mass is 281 g/mol. The van der Waals surface area contributed by atoms with Gasteiger partial charge in [-0.2, -0.15) is 0 Å². The summed E-state index contributed by atoms with van der Waals surface area (Å²) >= 11 is 0. The Morgan fingerprint density at radius 3 is 2.40 bits per heavy atom. The van der Waals surface area contributed by atoms with Crippen molar-refractivity contribution in [2.75, 3.05) is 52.5 Å². The lowest BCUT2D eigenvalue weighted by Gasteiger charge is -2.42. The minimum atomic E-state index is 0.248. The van der Waals surface area contributed by atoms with Crippen LogP contribution in [-0.2, 0) is 4.74 Å². The average Bonchev–Trinajstić information content (AvgIpc) is 2.98. The summed E-state index contributed by atoms with van der Waals surface area (Å²) in [5, 5.41) is 0. The van der Waals surface area contributed by atoms with E-state index < -0.39 is 0 Å². The largest absolute Gasteiger partial charge is 0.381 e. The predicted molar refractivity (Wildman–Crippen MR) is 81.8 cm³/mol. The number of nitrogens with zero attached hydrogens (tertiary/aromatic N) is 2. The van der Waals surface area contributed by atoms with Gasteiger partial charge in [-0.05, 0) is 58.3 Å². The Bertz CT molecular complexity index is 290. The van der Waals surface area contributed by atoms with Gasteiger partial charge in [0.15, 0.2) is 0 Å². The highest BCUT2D eigenvalue weighted by atomic mass is 16.5. The molecule has 4 heteroatoms. The first kappa shape index (κ1) is 14.8. The van der Waals surface area contributed by atoms with Crippen LogP contribution in [0.25, 0.3) is 0 Å². The van der Waals surface area contributed by atoms with E-state index in [4.69, 9.17) is 10.5 Å². The summed E-state index contributed by atoms with van der Waals surface area (Å²) < 4.78 is 5.59. The molecule has 1 unspecified atom stereocenters. The van der Waals surface area contributed by atoms with Gasteiger partial charge in [0.2, 0.25) is 0 Å². The van der Waals surface area contributed by atoms with Crippen LogP contribution >= 0.6 is 0 Å². The number of piperidine rings is 2. The fourth-order valence-corrected chi connectivity index (χ4v) is 4.20. The molecule has 3 heterocycles. The summed E-state index contributed by atoms with van der Waals surface area (Å²) in [7, 11) is 0. The zero-order valence-electron chi connectivity index (χ0n) is 12.9. The summed E-state index contributed by atoms with van der Waals surface area (Å²) in [4.78, 5) is 5.39. The minimum absolute atomic E-state index is 0.248. The molecule has 4 nitrogen and oxygen atoms in total. The second-order valence-corrected chi connectivity index (χ2v) is 7.11. The van der Waals surface area contributed by atoms with Gasteiger partial charge in [0.1, 0.15) is 0 Å². The molecule has 1 atom stereocenters. The number of hydrogen-bond donors (Lipinski definition) is 1. The third-order valence-electron chi connectivity index (χ3n) is 5.64. The van der Waals surface area contributed by atoms with Gasteiger partial charge in [0.25, 0.3) is 0 Å². The lowest BCUT2D eigenvalue weighted by molar-refractivity contribution is 0.0620. The van der Waals surface area contributed by atoms with E-state index in [0.29, 0.717) is 0 Å². The highest BCUT2D eigenvalue weighted by Gasteiger charge is 2.36. The van der Waals surface area contributed by atoms with Crippen molar-refractivity contribution in [1.29, 1.82) is 0 Å². The molecule has 0 radical (unpaired) electrons. The van der Waals surface area contributed by atoms with E-state index in [-0.39, 0.29) is 5.41 Å². The molecular formula is C16H31N3O. The van der Waals surface area contributed by atoms with Crippen molar-refractivity contribution in [2.45, 2.75) is 44.6 Å². The number of hydrogen-bond acceptors (Lipinski definition) is 4. The van der Waals surface area contributed by atoms with Gasteiger partial charge in [-0.15, -0.1) is 0 Å². The van der Waals surface area contributed by atoms with E-state index in [0.717, 1.165) is 38.8 Å². The zero-order valence-corrected chi connectivity index (χ0v) is 12.9. The Kier molecular flexibility index (Phi) is 4.97. The van der Waals surface area contributed by atoms with Gasteiger partial charge >= 0.3 is 0 Å². The van der Waals surface area contributed by atoms with Crippen LogP contribution in [0.5, 0.6) is 0 Å². The zero-order chi connectivity index (χ0) is 13.8. The first-order chi connectivity index (χ1) is 9.81. The summed E-state index contributed by atoms with van der Waals surface area (Å²) in [5.41, 5.74) is 6.26. The van der Waals surface area contributed by atoms with Crippen LogP contribution in [0.2, 0.25) is 0 Å². The number of nitrogens with two attached hydrogens (primary N) is 1. The second-order valence-electron chi connectivity index (χ2n) is 7.11. The van der Waals surface area contributed by atoms with Gasteiger partial charge in [0, 0.05) is 31.2 Å². The van der Waals surface area contributed by atoms with E-state index in [1.807, 2.05) is 0 Å². The van der Waals surface area contributed by atoms with Crippen molar-refractivity contribution in [3.8, 4) is 0 Å². The van der Waals surface area contributed by atoms with E-state index in [1.165, 1.54) is 58.3 Å². The Hall–Kier alpha value is -0.160. The van der Waals surface area contributed by atoms with Crippen molar-refractivity contribution in [3.05, 3.63) is 0 Å². The molecule has 2 N–H and O–H groups in total. The van der Waals surface area contributed by atoms with Crippen LogP contribution in [0.3, 0.4) is 0 Å². The fourth-order valence-electron chi connectivity index (χ4n) is 4.20. The molecule has 0 aromatic carbocycles. The van der Waals surface area contributed by atoms with E-state index in [2.05, 4.69) is 9.80 Å². The summed E-state index contributed by atoms with van der Waals surface area (Å²) in [6, 6.07) is 0.847. The first-order valence-corrected chi connectivity index (χ1v) is 8.56. The van der Waals surface area contributed by atoms with Gasteiger partial charge in [-0.25, -0.2) is 0 Å². The first-order valence-electron chi connectivity index (χ1n) is 8.56. The van der Waals surface area contributed by atoms with Gasteiger partial charge < -0.3 is 20.3 Å². The molecule has 0 spiro atoms. The number of likely N-dealkylation sites (tertiary alicyclic amines) is 2.